The number of esters is 4. The fraction of sp³-hybridized carbons (Fsp3) is 0.600. The van der Waals surface area contributed by atoms with Crippen molar-refractivity contribution in [2.45, 2.75) is 106 Å². The largest absolute Gasteiger partial charge is 0.496 e. The molecule has 0 amide bonds. The third-order valence-corrected chi connectivity index (χ3v) is 8.48. The van der Waals surface area contributed by atoms with Crippen LogP contribution in [-0.2, 0) is 50.9 Å². The summed E-state index contributed by atoms with van der Waals surface area (Å²) in [4.78, 5) is 50.1. The number of cyclic esters (lactones) is 1. The highest BCUT2D eigenvalue weighted by Crippen LogP contribution is 2.49. The van der Waals surface area contributed by atoms with E-state index in [-0.39, 0.29) is 36.7 Å². The van der Waals surface area contributed by atoms with E-state index in [1.54, 1.807) is 34.6 Å². The molecule has 2 atom stereocenters. The molecule has 2 rings (SSSR count). The Labute approximate surface area is 258 Å². The molecule has 0 radical (unpaired) electrons. The third kappa shape index (κ3) is 9.80. The lowest BCUT2D eigenvalue weighted by Crippen LogP contribution is -2.44. The molecule has 1 heterocycles. The lowest BCUT2D eigenvalue weighted by molar-refractivity contribution is -0.149. The zero-order valence-electron chi connectivity index (χ0n) is 27.2. The van der Waals surface area contributed by atoms with Gasteiger partial charge >= 0.3 is 31.5 Å². The van der Waals surface area contributed by atoms with Crippen molar-refractivity contribution >= 4 is 31.5 Å². The molecular formula is C30H45N2O11P. The molecule has 13 nitrogen and oxygen atoms in total. The van der Waals surface area contributed by atoms with E-state index in [2.05, 4.69) is 10.2 Å². The molecule has 0 aromatic heterocycles. The van der Waals surface area contributed by atoms with Crippen LogP contribution in [0.1, 0.15) is 88.4 Å². The van der Waals surface area contributed by atoms with Gasteiger partial charge in [0.1, 0.15) is 30.0 Å². The van der Waals surface area contributed by atoms with Crippen LogP contribution in [0.25, 0.3) is 0 Å². The van der Waals surface area contributed by atoms with Crippen LogP contribution >= 0.6 is 7.67 Å². The predicted molar refractivity (Wildman–Crippen MR) is 161 cm³/mol. The van der Waals surface area contributed by atoms with Gasteiger partial charge in [-0.3, -0.25) is 14.4 Å². The summed E-state index contributed by atoms with van der Waals surface area (Å²) in [6.07, 6.45) is 1.69. The summed E-state index contributed by atoms with van der Waals surface area (Å²) < 4.78 is 47.0. The van der Waals surface area contributed by atoms with Gasteiger partial charge in [-0.1, -0.05) is 11.6 Å². The van der Waals surface area contributed by atoms with E-state index in [0.29, 0.717) is 28.9 Å². The van der Waals surface area contributed by atoms with Gasteiger partial charge in [-0.15, -0.1) is 0 Å². The monoisotopic (exact) mass is 640 g/mol. The van der Waals surface area contributed by atoms with E-state index in [1.165, 1.54) is 28.1 Å². The van der Waals surface area contributed by atoms with E-state index in [1.807, 2.05) is 13.0 Å². The Bertz CT molecular complexity index is 1290. The van der Waals surface area contributed by atoms with Crippen molar-refractivity contribution in [2.75, 3.05) is 14.2 Å². The summed E-state index contributed by atoms with van der Waals surface area (Å²) in [7, 11) is -1.63. The van der Waals surface area contributed by atoms with Crippen molar-refractivity contribution in [3.63, 3.8) is 0 Å². The van der Waals surface area contributed by atoms with Crippen molar-refractivity contribution in [1.29, 1.82) is 0 Å². The second kappa shape index (κ2) is 16.1. The Hall–Kier alpha value is -3.41. The van der Waals surface area contributed by atoms with Crippen LogP contribution < -0.4 is 19.4 Å². The smallest absolute Gasteiger partial charge is 0.391 e. The van der Waals surface area contributed by atoms with E-state index in [0.717, 1.165) is 5.57 Å². The lowest BCUT2D eigenvalue weighted by atomic mass is 9.94. The topological polar surface area (TPSA) is 165 Å². The standard InChI is InChI=1S/C30H45N2O11P/c1-16(2)41-28(34)20(7)31-44(37,32-21(8)29(35)42-17(3)4)43-27-22(13-11-18(5)12-14-24(33)38-9)26(39-10)19(6)23-15-40-30(36)25(23)27/h11,16-17,20-21H,12-15H2,1-10H3,(H2,31,32,37)/b18-11+. The number of fused-ring (bicyclic) bond motifs is 1. The summed E-state index contributed by atoms with van der Waals surface area (Å²) >= 11 is 0. The number of allylic oxidation sites excluding steroid dienone is 2. The first kappa shape index (κ1) is 36.8. The third-order valence-electron chi connectivity index (χ3n) is 6.59. The van der Waals surface area contributed by atoms with Crippen LogP contribution in [0, 0.1) is 6.92 Å². The van der Waals surface area contributed by atoms with Gasteiger partial charge in [0, 0.05) is 17.5 Å². The van der Waals surface area contributed by atoms with Crippen LogP contribution in [-0.4, -0.2) is 62.4 Å². The molecular weight excluding hydrogens is 595 g/mol. The van der Waals surface area contributed by atoms with E-state index >= 15 is 0 Å². The first-order chi connectivity index (χ1) is 20.5. The molecule has 1 aliphatic rings. The second-order valence-corrected chi connectivity index (χ2v) is 12.8. The summed E-state index contributed by atoms with van der Waals surface area (Å²) in [6, 6.07) is -2.30. The van der Waals surface area contributed by atoms with Gasteiger partial charge < -0.3 is 28.2 Å². The van der Waals surface area contributed by atoms with Crippen LogP contribution in [0.4, 0.5) is 0 Å². The first-order valence-corrected chi connectivity index (χ1v) is 16.0. The Balaban J connectivity index is 2.68. The molecule has 1 aromatic rings. The number of carbonyl (C=O) groups is 4. The molecule has 14 heteroatoms. The molecule has 2 unspecified atom stereocenters. The minimum Gasteiger partial charge on any atom is -0.496 e. The maximum absolute atomic E-state index is 14.6. The van der Waals surface area contributed by atoms with E-state index in [4.69, 9.17) is 28.2 Å². The Morgan fingerprint density at radius 3 is 1.95 bits per heavy atom. The Morgan fingerprint density at radius 2 is 1.48 bits per heavy atom. The molecule has 44 heavy (non-hydrogen) atoms. The van der Waals surface area contributed by atoms with Crippen molar-refractivity contribution in [1.82, 2.24) is 10.2 Å². The average Bonchev–Trinajstić information content (AvgIpc) is 3.32. The molecule has 1 aliphatic heterocycles. The molecule has 0 bridgehead atoms. The highest BCUT2D eigenvalue weighted by molar-refractivity contribution is 7.55. The van der Waals surface area contributed by atoms with Gasteiger partial charge in [0.15, 0.2) is 5.75 Å². The van der Waals surface area contributed by atoms with Gasteiger partial charge in [0.25, 0.3) is 0 Å². The number of benzene rings is 1. The zero-order chi connectivity index (χ0) is 33.4. The van der Waals surface area contributed by atoms with Crippen molar-refractivity contribution in [3.8, 4) is 11.5 Å². The van der Waals surface area contributed by atoms with Crippen molar-refractivity contribution < 1.29 is 52.0 Å². The highest BCUT2D eigenvalue weighted by atomic mass is 31.2. The maximum Gasteiger partial charge on any atom is 0.391 e. The molecule has 1 aromatic carbocycles. The highest BCUT2D eigenvalue weighted by Gasteiger charge is 2.40. The van der Waals surface area contributed by atoms with Gasteiger partial charge in [-0.2, -0.15) is 0 Å². The molecule has 0 spiro atoms. The number of nitrogens with one attached hydrogen (secondary N) is 2. The number of carbonyl (C=O) groups excluding carboxylic acids is 4. The number of ether oxygens (including phenoxy) is 5. The zero-order valence-corrected chi connectivity index (χ0v) is 28.0. The molecule has 0 aliphatic carbocycles. The molecule has 246 valence electrons. The summed E-state index contributed by atoms with van der Waals surface area (Å²) in [5, 5.41) is 5.31. The number of hydrogen-bond acceptors (Lipinski definition) is 11. The molecule has 0 saturated heterocycles. The lowest BCUT2D eigenvalue weighted by Gasteiger charge is -2.28. The minimum absolute atomic E-state index is 0.0533. The van der Waals surface area contributed by atoms with Gasteiger partial charge in [0.05, 0.1) is 26.4 Å². The summed E-state index contributed by atoms with van der Waals surface area (Å²) in [5.74, 6) is -2.19. The number of methoxy groups -OCH3 is 2. The first-order valence-electron chi connectivity index (χ1n) is 14.4. The van der Waals surface area contributed by atoms with Gasteiger partial charge in [0.2, 0.25) is 0 Å². The van der Waals surface area contributed by atoms with E-state index < -0.39 is 49.9 Å². The van der Waals surface area contributed by atoms with Crippen molar-refractivity contribution in [3.05, 3.63) is 33.9 Å². The summed E-state index contributed by atoms with van der Waals surface area (Å²) in [5.41, 5.74) is 2.40. The second-order valence-electron chi connectivity index (χ2n) is 11.0. The molecule has 0 fully saturated rings. The van der Waals surface area contributed by atoms with Gasteiger partial charge in [-0.05, 0) is 73.8 Å². The SMILES string of the molecule is COC(=O)CC/C(C)=C/Cc1c(OC)c(C)c2c(c1OP(=O)(NC(C)C(=O)OC(C)C)NC(C)C(=O)OC(C)C)C(=O)OC2. The Kier molecular flexibility index (Phi) is 13.4. The van der Waals surface area contributed by atoms with Crippen LogP contribution in [0.3, 0.4) is 0 Å². The number of hydrogen-bond donors (Lipinski definition) is 2. The normalized spacial score (nSPS) is 15.6. The quantitative estimate of drug-likeness (QED) is 0.113. The fourth-order valence-electron chi connectivity index (χ4n) is 4.39. The average molecular weight is 641 g/mol. The van der Waals surface area contributed by atoms with E-state index in [9.17, 15) is 23.7 Å². The molecule has 0 saturated carbocycles. The minimum atomic E-state index is -4.40. The van der Waals surface area contributed by atoms with Crippen LogP contribution in [0.5, 0.6) is 11.5 Å². The Morgan fingerprint density at radius 1 is 0.932 bits per heavy atom. The van der Waals surface area contributed by atoms with Crippen molar-refractivity contribution in [2.24, 2.45) is 0 Å². The van der Waals surface area contributed by atoms with Crippen LogP contribution in [0.2, 0.25) is 0 Å². The predicted octanol–water partition coefficient (Wildman–Crippen LogP) is 4.46. The van der Waals surface area contributed by atoms with Crippen LogP contribution in [0.15, 0.2) is 11.6 Å². The summed E-state index contributed by atoms with van der Waals surface area (Å²) in [6.45, 7) is 13.1. The molecule has 2 N–H and O–H groups in total. The van der Waals surface area contributed by atoms with Gasteiger partial charge in [-0.25, -0.2) is 19.5 Å². The maximum atomic E-state index is 14.6. The fourth-order valence-corrected chi connectivity index (χ4v) is 6.26. The number of rotatable bonds is 16.